The molecule has 1 atom stereocenters. The van der Waals surface area contributed by atoms with E-state index in [4.69, 9.17) is 0 Å². The number of likely N-dealkylation sites (tertiary alicyclic amines) is 1. The van der Waals surface area contributed by atoms with Crippen LogP contribution in [0.5, 0.6) is 0 Å². The SMILES string of the molecule is CCCCCCNC(=O)C1CCN(C(=O)[C@@H]2CC(=O)N(c3ccc(C)cc3)C2)CC1. The quantitative estimate of drug-likeness (QED) is 0.665. The number of hydrogen-bond acceptors (Lipinski definition) is 3. The van der Waals surface area contributed by atoms with Gasteiger partial charge in [0.15, 0.2) is 0 Å². The summed E-state index contributed by atoms with van der Waals surface area (Å²) in [6, 6.07) is 7.84. The fourth-order valence-electron chi connectivity index (χ4n) is 4.38. The summed E-state index contributed by atoms with van der Waals surface area (Å²) in [6.45, 7) is 6.58. The minimum absolute atomic E-state index is 0.00510. The number of benzene rings is 1. The second-order valence-electron chi connectivity index (χ2n) is 8.69. The maximum atomic E-state index is 13.0. The predicted octanol–water partition coefficient (Wildman–Crippen LogP) is 3.28. The molecule has 0 aromatic heterocycles. The Labute approximate surface area is 180 Å². The Kier molecular flexibility index (Phi) is 7.88. The Bertz CT molecular complexity index is 739. The van der Waals surface area contributed by atoms with Crippen LogP contribution in [0.25, 0.3) is 0 Å². The predicted molar refractivity (Wildman–Crippen MR) is 118 cm³/mol. The first-order valence-corrected chi connectivity index (χ1v) is 11.4. The molecule has 2 heterocycles. The third-order valence-corrected chi connectivity index (χ3v) is 6.33. The Balaban J connectivity index is 1.44. The van der Waals surface area contributed by atoms with Crippen LogP contribution in [0.1, 0.15) is 57.4 Å². The van der Waals surface area contributed by atoms with Crippen molar-refractivity contribution in [1.29, 1.82) is 0 Å². The topological polar surface area (TPSA) is 69.7 Å². The van der Waals surface area contributed by atoms with Crippen LogP contribution in [0.3, 0.4) is 0 Å². The van der Waals surface area contributed by atoms with E-state index in [1.54, 1.807) is 4.90 Å². The molecule has 164 valence electrons. The van der Waals surface area contributed by atoms with E-state index < -0.39 is 0 Å². The highest BCUT2D eigenvalue weighted by molar-refractivity contribution is 6.00. The summed E-state index contributed by atoms with van der Waals surface area (Å²) in [6.07, 6.45) is 6.26. The van der Waals surface area contributed by atoms with E-state index in [2.05, 4.69) is 12.2 Å². The molecule has 2 fully saturated rings. The molecule has 6 nitrogen and oxygen atoms in total. The third kappa shape index (κ3) is 5.61. The Hall–Kier alpha value is -2.37. The van der Waals surface area contributed by atoms with E-state index >= 15 is 0 Å². The van der Waals surface area contributed by atoms with Crippen molar-refractivity contribution >= 4 is 23.4 Å². The van der Waals surface area contributed by atoms with Crippen molar-refractivity contribution in [3.8, 4) is 0 Å². The number of hydrogen-bond donors (Lipinski definition) is 1. The molecular weight excluding hydrogens is 378 g/mol. The minimum atomic E-state index is -0.289. The van der Waals surface area contributed by atoms with Crippen LogP contribution in [0.15, 0.2) is 24.3 Å². The molecule has 2 saturated heterocycles. The number of anilines is 1. The second-order valence-corrected chi connectivity index (χ2v) is 8.69. The molecule has 1 aromatic rings. The van der Waals surface area contributed by atoms with Gasteiger partial charge in [-0.15, -0.1) is 0 Å². The van der Waals surface area contributed by atoms with Crippen LogP contribution >= 0.6 is 0 Å². The van der Waals surface area contributed by atoms with E-state index in [1.165, 1.54) is 12.8 Å². The van der Waals surface area contributed by atoms with Gasteiger partial charge in [-0.3, -0.25) is 14.4 Å². The molecular formula is C24H35N3O3. The van der Waals surface area contributed by atoms with Gasteiger partial charge >= 0.3 is 0 Å². The molecule has 0 radical (unpaired) electrons. The first-order valence-electron chi connectivity index (χ1n) is 11.4. The van der Waals surface area contributed by atoms with Crippen LogP contribution < -0.4 is 10.2 Å². The highest BCUT2D eigenvalue weighted by atomic mass is 16.2. The van der Waals surface area contributed by atoms with Gasteiger partial charge in [0.1, 0.15) is 0 Å². The van der Waals surface area contributed by atoms with Crippen molar-refractivity contribution in [2.75, 3.05) is 31.1 Å². The van der Waals surface area contributed by atoms with Crippen molar-refractivity contribution in [2.24, 2.45) is 11.8 Å². The van der Waals surface area contributed by atoms with Gasteiger partial charge in [0.25, 0.3) is 0 Å². The second kappa shape index (κ2) is 10.6. The van der Waals surface area contributed by atoms with Crippen LogP contribution in [0, 0.1) is 18.8 Å². The zero-order valence-corrected chi connectivity index (χ0v) is 18.4. The lowest BCUT2D eigenvalue weighted by Gasteiger charge is -2.33. The molecule has 3 amide bonds. The van der Waals surface area contributed by atoms with Gasteiger partial charge in [-0.05, 0) is 38.3 Å². The minimum Gasteiger partial charge on any atom is -0.356 e. The number of carbonyl (C=O) groups is 3. The van der Waals surface area contributed by atoms with Gasteiger partial charge in [-0.2, -0.15) is 0 Å². The molecule has 0 saturated carbocycles. The molecule has 0 bridgehead atoms. The van der Waals surface area contributed by atoms with Crippen LogP contribution in [0.2, 0.25) is 0 Å². The zero-order chi connectivity index (χ0) is 21.5. The number of aryl methyl sites for hydroxylation is 1. The monoisotopic (exact) mass is 413 g/mol. The van der Waals surface area contributed by atoms with Crippen LogP contribution in [-0.2, 0) is 14.4 Å². The van der Waals surface area contributed by atoms with Crippen molar-refractivity contribution in [3.63, 3.8) is 0 Å². The Morgan fingerprint density at radius 3 is 2.40 bits per heavy atom. The number of unbranched alkanes of at least 4 members (excludes halogenated alkanes) is 3. The molecule has 1 aromatic carbocycles. The van der Waals surface area contributed by atoms with E-state index in [0.717, 1.165) is 30.6 Å². The highest BCUT2D eigenvalue weighted by Crippen LogP contribution is 2.28. The molecule has 0 unspecified atom stereocenters. The van der Waals surface area contributed by atoms with Crippen LogP contribution in [0.4, 0.5) is 5.69 Å². The zero-order valence-electron chi connectivity index (χ0n) is 18.4. The molecule has 30 heavy (non-hydrogen) atoms. The van der Waals surface area contributed by atoms with E-state index in [-0.39, 0.29) is 36.0 Å². The van der Waals surface area contributed by atoms with Crippen molar-refractivity contribution in [1.82, 2.24) is 10.2 Å². The number of nitrogens with zero attached hydrogens (tertiary/aromatic N) is 2. The lowest BCUT2D eigenvalue weighted by atomic mass is 9.94. The van der Waals surface area contributed by atoms with Gasteiger partial charge in [-0.1, -0.05) is 43.9 Å². The largest absolute Gasteiger partial charge is 0.356 e. The number of amides is 3. The maximum absolute atomic E-state index is 13.0. The summed E-state index contributed by atoms with van der Waals surface area (Å²) < 4.78 is 0. The van der Waals surface area contributed by atoms with E-state index in [9.17, 15) is 14.4 Å². The number of rotatable bonds is 8. The molecule has 0 spiro atoms. The number of nitrogens with one attached hydrogen (secondary N) is 1. The normalized spacial score (nSPS) is 19.9. The van der Waals surface area contributed by atoms with Gasteiger partial charge in [-0.25, -0.2) is 0 Å². The highest BCUT2D eigenvalue weighted by Gasteiger charge is 2.38. The van der Waals surface area contributed by atoms with Crippen molar-refractivity contribution < 1.29 is 14.4 Å². The van der Waals surface area contributed by atoms with E-state index in [0.29, 0.717) is 32.5 Å². The molecule has 6 heteroatoms. The number of carbonyl (C=O) groups excluding carboxylic acids is 3. The van der Waals surface area contributed by atoms with Gasteiger partial charge in [0.2, 0.25) is 17.7 Å². The fourth-order valence-corrected chi connectivity index (χ4v) is 4.38. The first-order chi connectivity index (χ1) is 14.5. The standard InChI is InChI=1S/C24H35N3O3/c1-3-4-5-6-13-25-23(29)19-11-14-26(15-12-19)24(30)20-16-22(28)27(17-20)21-9-7-18(2)8-10-21/h7-10,19-20H,3-6,11-17H2,1-2H3,(H,25,29)/t20-/m1/s1. The smallest absolute Gasteiger partial charge is 0.228 e. The lowest BCUT2D eigenvalue weighted by Crippen LogP contribution is -2.45. The third-order valence-electron chi connectivity index (χ3n) is 6.33. The molecule has 0 aliphatic carbocycles. The van der Waals surface area contributed by atoms with Gasteiger partial charge in [0.05, 0.1) is 5.92 Å². The van der Waals surface area contributed by atoms with Crippen molar-refractivity contribution in [2.45, 2.75) is 58.8 Å². The fraction of sp³-hybridized carbons (Fsp3) is 0.625. The maximum Gasteiger partial charge on any atom is 0.228 e. The first kappa shape index (κ1) is 22.3. The Morgan fingerprint density at radius 1 is 1.03 bits per heavy atom. The van der Waals surface area contributed by atoms with Crippen LogP contribution in [-0.4, -0.2) is 48.8 Å². The summed E-state index contributed by atoms with van der Waals surface area (Å²) in [7, 11) is 0. The average molecular weight is 414 g/mol. The Morgan fingerprint density at radius 2 is 1.73 bits per heavy atom. The van der Waals surface area contributed by atoms with E-state index in [1.807, 2.05) is 36.1 Å². The molecule has 1 N–H and O–H groups in total. The lowest BCUT2D eigenvalue weighted by molar-refractivity contribution is -0.139. The molecule has 2 aliphatic rings. The molecule has 2 aliphatic heterocycles. The van der Waals surface area contributed by atoms with Crippen molar-refractivity contribution in [3.05, 3.63) is 29.8 Å². The average Bonchev–Trinajstić information content (AvgIpc) is 3.15. The number of piperidine rings is 1. The summed E-state index contributed by atoms with van der Waals surface area (Å²) in [5.41, 5.74) is 2.00. The summed E-state index contributed by atoms with van der Waals surface area (Å²) in [4.78, 5) is 41.4. The summed E-state index contributed by atoms with van der Waals surface area (Å²) in [5, 5.41) is 3.05. The summed E-state index contributed by atoms with van der Waals surface area (Å²) in [5.74, 6) is -0.108. The molecule has 3 rings (SSSR count). The van der Waals surface area contributed by atoms with Gasteiger partial charge in [0, 0.05) is 44.2 Å². The van der Waals surface area contributed by atoms with Gasteiger partial charge < -0.3 is 15.1 Å². The summed E-state index contributed by atoms with van der Waals surface area (Å²) >= 11 is 0.